The minimum atomic E-state index is -0.376. The Kier molecular flexibility index (Phi) is 6.53. The summed E-state index contributed by atoms with van der Waals surface area (Å²) in [6.07, 6.45) is 6.43. The topological polar surface area (TPSA) is 66.8 Å². The molecule has 5 rings (SSSR count). The molecule has 1 saturated heterocycles. The summed E-state index contributed by atoms with van der Waals surface area (Å²) in [6.45, 7) is 3.66. The van der Waals surface area contributed by atoms with Crippen molar-refractivity contribution in [3.63, 3.8) is 0 Å². The van der Waals surface area contributed by atoms with Crippen LogP contribution in [0.4, 0.5) is 0 Å². The molecular weight excluding hydrogens is 430 g/mol. The number of aryl methyl sites for hydroxylation is 1. The molecule has 0 atom stereocenters. The molecular formula is C28H31NO5. The quantitative estimate of drug-likeness (QED) is 0.351. The molecule has 0 radical (unpaired) electrons. The van der Waals surface area contributed by atoms with Crippen LogP contribution in [0.15, 0.2) is 36.4 Å². The molecule has 1 aliphatic carbocycles. The van der Waals surface area contributed by atoms with E-state index < -0.39 is 0 Å². The summed E-state index contributed by atoms with van der Waals surface area (Å²) < 4.78 is 18.9. The van der Waals surface area contributed by atoms with Gasteiger partial charge in [-0.2, -0.15) is 0 Å². The van der Waals surface area contributed by atoms with Crippen molar-refractivity contribution in [3.05, 3.63) is 58.7 Å². The summed E-state index contributed by atoms with van der Waals surface area (Å²) in [7, 11) is 1.40. The second kappa shape index (κ2) is 9.72. The minimum absolute atomic E-state index is 0.361. The first-order chi connectivity index (χ1) is 16.6. The van der Waals surface area contributed by atoms with Crippen LogP contribution in [-0.4, -0.2) is 43.4 Å². The third-order valence-electron chi connectivity index (χ3n) is 7.20. The van der Waals surface area contributed by atoms with Crippen LogP contribution in [0.5, 0.6) is 0 Å². The van der Waals surface area contributed by atoms with Crippen LogP contribution in [0, 0.1) is 6.92 Å². The second-order valence-corrected chi connectivity index (χ2v) is 9.26. The maximum atomic E-state index is 12.5. The van der Waals surface area contributed by atoms with Crippen molar-refractivity contribution in [3.8, 4) is 11.3 Å². The summed E-state index contributed by atoms with van der Waals surface area (Å²) in [4.78, 5) is 24.6. The van der Waals surface area contributed by atoms with E-state index in [1.165, 1.54) is 31.9 Å². The van der Waals surface area contributed by atoms with Crippen LogP contribution in [-0.2, 0) is 20.8 Å². The summed E-state index contributed by atoms with van der Waals surface area (Å²) in [6, 6.07) is 11.6. The van der Waals surface area contributed by atoms with Crippen molar-refractivity contribution < 1.29 is 23.8 Å². The molecule has 1 aromatic heterocycles. The fourth-order valence-corrected chi connectivity index (χ4v) is 5.70. The molecule has 6 nitrogen and oxygen atoms in total. The van der Waals surface area contributed by atoms with Crippen LogP contribution >= 0.6 is 0 Å². The molecule has 0 amide bonds. The van der Waals surface area contributed by atoms with Crippen LogP contribution in [0.25, 0.3) is 22.2 Å². The molecule has 178 valence electrons. The molecule has 1 saturated carbocycles. The maximum Gasteiger partial charge on any atom is 0.337 e. The SMILES string of the molecule is COC(=O)c1cc(C)c2c(C3CCCCC3)c(-c3ccccc3C=O)n(CC3OCCO3)c2c1. The molecule has 2 aliphatic rings. The van der Waals surface area contributed by atoms with Crippen molar-refractivity contribution >= 4 is 23.2 Å². The van der Waals surface area contributed by atoms with Crippen molar-refractivity contribution in [2.75, 3.05) is 20.3 Å². The summed E-state index contributed by atoms with van der Waals surface area (Å²) >= 11 is 0. The maximum absolute atomic E-state index is 12.5. The number of ether oxygens (including phenoxy) is 3. The number of aromatic nitrogens is 1. The zero-order chi connectivity index (χ0) is 23.7. The van der Waals surface area contributed by atoms with Crippen molar-refractivity contribution in [2.45, 2.75) is 57.8 Å². The molecule has 6 heteroatoms. The lowest BCUT2D eigenvalue weighted by Crippen LogP contribution is -2.18. The Hall–Kier alpha value is -2.96. The number of nitrogens with zero attached hydrogens (tertiary/aromatic N) is 1. The van der Waals surface area contributed by atoms with Crippen LogP contribution < -0.4 is 0 Å². The standard InChI is InChI=1S/C28H31NO5/c1-18-14-21(28(31)32-2)15-23-25(18)26(19-8-4-3-5-9-19)27(22-11-7-6-10-20(22)17-30)29(23)16-24-33-12-13-34-24/h6-7,10-11,14-15,17,19,24H,3-5,8-9,12-13,16H2,1-2H3. The Balaban J connectivity index is 1.85. The Labute approximate surface area is 199 Å². The van der Waals surface area contributed by atoms with E-state index in [-0.39, 0.29) is 12.3 Å². The van der Waals surface area contributed by atoms with Gasteiger partial charge in [0.05, 0.1) is 43.6 Å². The van der Waals surface area contributed by atoms with Crippen LogP contribution in [0.1, 0.15) is 69.9 Å². The number of carbonyl (C=O) groups excluding carboxylic acids is 2. The Morgan fingerprint density at radius 1 is 1.12 bits per heavy atom. The highest BCUT2D eigenvalue weighted by Gasteiger charge is 2.30. The number of aldehydes is 1. The van der Waals surface area contributed by atoms with Gasteiger partial charge in [-0.15, -0.1) is 0 Å². The zero-order valence-electron chi connectivity index (χ0n) is 19.8. The van der Waals surface area contributed by atoms with Crippen LogP contribution in [0.3, 0.4) is 0 Å². The number of methoxy groups -OCH3 is 1. The van der Waals surface area contributed by atoms with Gasteiger partial charge < -0.3 is 18.8 Å². The van der Waals surface area contributed by atoms with Crippen molar-refractivity contribution in [1.82, 2.24) is 4.57 Å². The lowest BCUT2D eigenvalue weighted by Gasteiger charge is -2.24. The molecule has 0 spiro atoms. The monoisotopic (exact) mass is 461 g/mol. The first-order valence-electron chi connectivity index (χ1n) is 12.1. The van der Waals surface area contributed by atoms with E-state index in [1.807, 2.05) is 36.4 Å². The molecule has 2 heterocycles. The fraction of sp³-hybridized carbons (Fsp3) is 0.429. The van der Waals surface area contributed by atoms with E-state index in [4.69, 9.17) is 14.2 Å². The van der Waals surface area contributed by atoms with Gasteiger partial charge in [0, 0.05) is 16.5 Å². The highest BCUT2D eigenvalue weighted by atomic mass is 16.7. The fourth-order valence-electron chi connectivity index (χ4n) is 5.70. The van der Waals surface area contributed by atoms with Crippen molar-refractivity contribution in [2.24, 2.45) is 0 Å². The average Bonchev–Trinajstić information content (AvgIpc) is 3.50. The molecule has 2 aromatic carbocycles. The second-order valence-electron chi connectivity index (χ2n) is 9.26. The first kappa shape index (κ1) is 22.8. The number of esters is 1. The Morgan fingerprint density at radius 2 is 1.85 bits per heavy atom. The highest BCUT2D eigenvalue weighted by molar-refractivity contribution is 6.02. The number of hydrogen-bond donors (Lipinski definition) is 0. The number of fused-ring (bicyclic) bond motifs is 1. The van der Waals surface area contributed by atoms with Crippen LogP contribution in [0.2, 0.25) is 0 Å². The van der Waals surface area contributed by atoms with Gasteiger partial charge in [-0.1, -0.05) is 43.5 Å². The Morgan fingerprint density at radius 3 is 2.56 bits per heavy atom. The first-order valence-corrected chi connectivity index (χ1v) is 12.1. The smallest absolute Gasteiger partial charge is 0.337 e. The van der Waals surface area contributed by atoms with Gasteiger partial charge in [-0.25, -0.2) is 4.79 Å². The van der Waals surface area contributed by atoms with Gasteiger partial charge in [0.1, 0.15) is 0 Å². The van der Waals surface area contributed by atoms with Gasteiger partial charge in [0.15, 0.2) is 12.6 Å². The third-order valence-corrected chi connectivity index (χ3v) is 7.20. The molecule has 0 bridgehead atoms. The number of rotatable bonds is 6. The largest absolute Gasteiger partial charge is 0.465 e. The predicted molar refractivity (Wildman–Crippen MR) is 130 cm³/mol. The van der Waals surface area contributed by atoms with Gasteiger partial charge >= 0.3 is 5.97 Å². The van der Waals surface area contributed by atoms with Crippen molar-refractivity contribution in [1.29, 1.82) is 0 Å². The number of benzene rings is 2. The summed E-state index contributed by atoms with van der Waals surface area (Å²) in [5.41, 5.74) is 6.38. The predicted octanol–water partition coefficient (Wildman–Crippen LogP) is 5.64. The molecule has 34 heavy (non-hydrogen) atoms. The lowest BCUT2D eigenvalue weighted by molar-refractivity contribution is -0.0514. The molecule has 2 fully saturated rings. The van der Waals surface area contributed by atoms with Gasteiger partial charge in [0.25, 0.3) is 0 Å². The number of hydrogen-bond acceptors (Lipinski definition) is 5. The van der Waals surface area contributed by atoms with Gasteiger partial charge in [-0.3, -0.25) is 4.79 Å². The normalized spacial score (nSPS) is 17.4. The molecule has 3 aromatic rings. The van der Waals surface area contributed by atoms with Gasteiger partial charge in [0.2, 0.25) is 0 Å². The Bertz CT molecular complexity index is 1220. The molecule has 0 N–H and O–H groups in total. The highest BCUT2D eigenvalue weighted by Crippen LogP contribution is 2.46. The number of carbonyl (C=O) groups is 2. The molecule has 1 aliphatic heterocycles. The summed E-state index contributed by atoms with van der Waals surface area (Å²) in [5.74, 6) is 0.0282. The molecule has 0 unspecified atom stereocenters. The van der Waals surface area contributed by atoms with E-state index in [0.717, 1.165) is 46.9 Å². The van der Waals surface area contributed by atoms with E-state index in [0.29, 0.717) is 36.8 Å². The van der Waals surface area contributed by atoms with E-state index in [9.17, 15) is 9.59 Å². The average molecular weight is 462 g/mol. The minimum Gasteiger partial charge on any atom is -0.465 e. The van der Waals surface area contributed by atoms with E-state index in [2.05, 4.69) is 11.5 Å². The third kappa shape index (κ3) is 4.05. The van der Waals surface area contributed by atoms with E-state index >= 15 is 0 Å². The zero-order valence-corrected chi connectivity index (χ0v) is 19.8. The van der Waals surface area contributed by atoms with E-state index in [1.54, 1.807) is 0 Å². The van der Waals surface area contributed by atoms with Gasteiger partial charge in [-0.05, 0) is 48.9 Å². The summed E-state index contributed by atoms with van der Waals surface area (Å²) in [5, 5.41) is 1.16. The lowest BCUT2D eigenvalue weighted by atomic mass is 9.80.